The third kappa shape index (κ3) is 2.12. The van der Waals surface area contributed by atoms with Crippen LogP contribution in [0.5, 0.6) is 0 Å². The highest BCUT2D eigenvalue weighted by molar-refractivity contribution is 5.92. The molecule has 0 aromatic heterocycles. The molecule has 0 spiro atoms. The molecule has 0 radical (unpaired) electrons. The molecule has 0 saturated heterocycles. The van der Waals surface area contributed by atoms with E-state index in [1.165, 1.54) is 13.8 Å². The van der Waals surface area contributed by atoms with E-state index in [2.05, 4.69) is 5.16 Å². The maximum atomic E-state index is 10.2. The summed E-state index contributed by atoms with van der Waals surface area (Å²) in [5, 5.41) is 18.9. The highest BCUT2D eigenvalue weighted by Gasteiger charge is 2.24. The number of nitrogens with zero attached hydrogens (tertiary/aromatic N) is 1. The Morgan fingerprint density at radius 3 is 2.22 bits per heavy atom. The predicted octanol–water partition coefficient (Wildman–Crippen LogP) is 0.557. The first-order valence-electron chi connectivity index (χ1n) is 2.42. The van der Waals surface area contributed by atoms with Crippen molar-refractivity contribution < 1.29 is 15.1 Å². The molecular formula is C5H9NO3. The van der Waals surface area contributed by atoms with E-state index in [9.17, 15) is 4.79 Å². The fourth-order valence-electron chi connectivity index (χ4n) is 0.200. The summed E-state index contributed by atoms with van der Waals surface area (Å²) in [6.45, 7) is 2.88. The molecule has 2 N–H and O–H groups in total. The van der Waals surface area contributed by atoms with Crippen LogP contribution in [-0.4, -0.2) is 22.5 Å². The van der Waals surface area contributed by atoms with Crippen molar-refractivity contribution in [1.82, 2.24) is 0 Å². The van der Waals surface area contributed by atoms with Gasteiger partial charge in [0.1, 0.15) is 5.41 Å². The van der Waals surface area contributed by atoms with Crippen molar-refractivity contribution >= 4 is 12.2 Å². The predicted molar refractivity (Wildman–Crippen MR) is 31.7 cm³/mol. The van der Waals surface area contributed by atoms with E-state index in [1.54, 1.807) is 0 Å². The van der Waals surface area contributed by atoms with Gasteiger partial charge in [-0.05, 0) is 13.8 Å². The molecule has 4 nitrogen and oxygen atoms in total. The molecule has 0 aliphatic heterocycles. The number of oxime groups is 1. The summed E-state index contributed by atoms with van der Waals surface area (Å²) in [7, 11) is 0. The van der Waals surface area contributed by atoms with Crippen molar-refractivity contribution in [2.75, 3.05) is 0 Å². The lowest BCUT2D eigenvalue weighted by Crippen LogP contribution is -2.24. The zero-order valence-electron chi connectivity index (χ0n) is 5.33. The molecule has 0 saturated carbocycles. The number of hydrogen-bond acceptors (Lipinski definition) is 3. The fourth-order valence-corrected chi connectivity index (χ4v) is 0.200. The Kier molecular flexibility index (Phi) is 2.19. The second-order valence-corrected chi connectivity index (χ2v) is 2.27. The van der Waals surface area contributed by atoms with Crippen molar-refractivity contribution in [3.63, 3.8) is 0 Å². The van der Waals surface area contributed by atoms with Crippen LogP contribution in [0.15, 0.2) is 5.16 Å². The van der Waals surface area contributed by atoms with Gasteiger partial charge in [0, 0.05) is 0 Å². The molecule has 0 aliphatic rings. The number of aliphatic carboxylic acids is 1. The second-order valence-electron chi connectivity index (χ2n) is 2.27. The molecular weight excluding hydrogens is 122 g/mol. The topological polar surface area (TPSA) is 69.9 Å². The molecule has 0 atom stereocenters. The third-order valence-electron chi connectivity index (χ3n) is 0.932. The molecule has 0 aromatic rings. The zero-order chi connectivity index (χ0) is 7.49. The second kappa shape index (κ2) is 2.48. The summed E-state index contributed by atoms with van der Waals surface area (Å²) in [5.41, 5.74) is -1.07. The first-order chi connectivity index (χ1) is 4.00. The standard InChI is InChI=1S/C5H9NO3/c1-5(2,3-6-9)4(7)8/h3,9H,1-2H3,(H,7,8). The third-order valence-corrected chi connectivity index (χ3v) is 0.932. The van der Waals surface area contributed by atoms with Crippen LogP contribution in [0.1, 0.15) is 13.8 Å². The van der Waals surface area contributed by atoms with Crippen LogP contribution in [-0.2, 0) is 4.79 Å². The number of carboxylic acids is 1. The van der Waals surface area contributed by atoms with Crippen molar-refractivity contribution in [3.05, 3.63) is 0 Å². The van der Waals surface area contributed by atoms with E-state index in [0.29, 0.717) is 0 Å². The molecule has 0 bridgehead atoms. The molecule has 9 heavy (non-hydrogen) atoms. The minimum Gasteiger partial charge on any atom is -0.481 e. The number of hydrogen-bond donors (Lipinski definition) is 2. The summed E-state index contributed by atoms with van der Waals surface area (Å²) in [4.78, 5) is 10.2. The van der Waals surface area contributed by atoms with Crippen LogP contribution in [0.4, 0.5) is 0 Å². The average Bonchev–Trinajstić information content (AvgIpc) is 1.65. The van der Waals surface area contributed by atoms with Gasteiger partial charge in [-0.15, -0.1) is 5.16 Å². The highest BCUT2D eigenvalue weighted by Crippen LogP contribution is 2.10. The van der Waals surface area contributed by atoms with Crippen molar-refractivity contribution in [1.29, 1.82) is 0 Å². The Balaban J connectivity index is 4.19. The summed E-state index contributed by atoms with van der Waals surface area (Å²) in [6, 6.07) is 0. The summed E-state index contributed by atoms with van der Waals surface area (Å²) in [6.07, 6.45) is 0.968. The Labute approximate surface area is 52.8 Å². The van der Waals surface area contributed by atoms with E-state index >= 15 is 0 Å². The normalized spacial score (nSPS) is 12.2. The maximum Gasteiger partial charge on any atom is 0.314 e. The lowest BCUT2D eigenvalue weighted by atomic mass is 9.96. The highest BCUT2D eigenvalue weighted by atomic mass is 16.4. The van der Waals surface area contributed by atoms with Gasteiger partial charge in [0.2, 0.25) is 0 Å². The molecule has 52 valence electrons. The molecule has 0 fully saturated rings. The van der Waals surface area contributed by atoms with Gasteiger partial charge < -0.3 is 10.3 Å². The first kappa shape index (κ1) is 7.94. The smallest absolute Gasteiger partial charge is 0.314 e. The zero-order valence-corrected chi connectivity index (χ0v) is 5.33. The minimum absolute atomic E-state index is 0.968. The molecule has 0 amide bonds. The quantitative estimate of drug-likeness (QED) is 0.326. The Morgan fingerprint density at radius 1 is 1.67 bits per heavy atom. The van der Waals surface area contributed by atoms with Gasteiger partial charge in [-0.2, -0.15) is 0 Å². The van der Waals surface area contributed by atoms with Crippen molar-refractivity contribution in [2.24, 2.45) is 10.6 Å². The van der Waals surface area contributed by atoms with E-state index in [0.717, 1.165) is 6.21 Å². The van der Waals surface area contributed by atoms with Crippen LogP contribution in [0.25, 0.3) is 0 Å². The molecule has 0 heterocycles. The van der Waals surface area contributed by atoms with Crippen LogP contribution in [0.2, 0.25) is 0 Å². The van der Waals surface area contributed by atoms with Crippen LogP contribution >= 0.6 is 0 Å². The molecule has 0 rings (SSSR count). The SMILES string of the molecule is CC(C)(C=NO)C(=O)O. The van der Waals surface area contributed by atoms with Gasteiger partial charge in [-0.1, -0.05) is 0 Å². The van der Waals surface area contributed by atoms with Crippen molar-refractivity contribution in [2.45, 2.75) is 13.8 Å². The van der Waals surface area contributed by atoms with Gasteiger partial charge in [-0.3, -0.25) is 4.79 Å². The number of carbonyl (C=O) groups is 1. The fraction of sp³-hybridized carbons (Fsp3) is 0.600. The lowest BCUT2D eigenvalue weighted by Gasteiger charge is -2.09. The van der Waals surface area contributed by atoms with Gasteiger partial charge >= 0.3 is 5.97 Å². The molecule has 4 heteroatoms. The number of rotatable bonds is 2. The van der Waals surface area contributed by atoms with E-state index < -0.39 is 11.4 Å². The van der Waals surface area contributed by atoms with Crippen LogP contribution in [0.3, 0.4) is 0 Å². The largest absolute Gasteiger partial charge is 0.481 e. The van der Waals surface area contributed by atoms with Crippen LogP contribution in [0, 0.1) is 5.41 Å². The van der Waals surface area contributed by atoms with Gasteiger partial charge in [0.15, 0.2) is 0 Å². The number of carboxylic acid groups (broad SMARTS) is 1. The Morgan fingerprint density at radius 2 is 2.11 bits per heavy atom. The van der Waals surface area contributed by atoms with Gasteiger partial charge in [-0.25, -0.2) is 0 Å². The molecule has 0 aromatic carbocycles. The Hall–Kier alpha value is -1.06. The lowest BCUT2D eigenvalue weighted by molar-refractivity contribution is -0.143. The van der Waals surface area contributed by atoms with Gasteiger partial charge in [0.05, 0.1) is 6.21 Å². The molecule has 0 unspecified atom stereocenters. The summed E-state index contributed by atoms with van der Waals surface area (Å²) < 4.78 is 0. The average molecular weight is 131 g/mol. The van der Waals surface area contributed by atoms with Gasteiger partial charge in [0.25, 0.3) is 0 Å². The molecule has 0 aliphatic carbocycles. The van der Waals surface area contributed by atoms with E-state index in [4.69, 9.17) is 10.3 Å². The Bertz CT molecular complexity index is 139. The minimum atomic E-state index is -1.07. The van der Waals surface area contributed by atoms with Crippen LogP contribution < -0.4 is 0 Å². The van der Waals surface area contributed by atoms with Crippen molar-refractivity contribution in [3.8, 4) is 0 Å². The monoisotopic (exact) mass is 131 g/mol. The first-order valence-corrected chi connectivity index (χ1v) is 2.42. The van der Waals surface area contributed by atoms with E-state index in [-0.39, 0.29) is 0 Å². The van der Waals surface area contributed by atoms with E-state index in [1.807, 2.05) is 0 Å². The summed E-state index contributed by atoms with van der Waals surface area (Å²) in [5.74, 6) is -1.01. The summed E-state index contributed by atoms with van der Waals surface area (Å²) >= 11 is 0. The maximum absolute atomic E-state index is 10.2.